The van der Waals surface area contributed by atoms with Crippen LogP contribution in [-0.4, -0.2) is 42.2 Å². The van der Waals surface area contributed by atoms with Crippen LogP contribution in [0.15, 0.2) is 59.6 Å². The van der Waals surface area contributed by atoms with Gasteiger partial charge in [-0.3, -0.25) is 0 Å². The largest absolute Gasteiger partial charge is 0.497 e. The fraction of sp³-hybridized carbons (Fsp3) is 0.0870. The van der Waals surface area contributed by atoms with Crippen molar-refractivity contribution >= 4 is 26.3 Å². The van der Waals surface area contributed by atoms with Crippen LogP contribution in [0.3, 0.4) is 0 Å². The summed E-state index contributed by atoms with van der Waals surface area (Å²) in [7, 11) is -1.54. The van der Waals surface area contributed by atoms with Crippen molar-refractivity contribution < 1.29 is 26.7 Å². The first-order valence-corrected chi connectivity index (χ1v) is 12.6. The summed E-state index contributed by atoms with van der Waals surface area (Å²) >= 11 is 0.937. The maximum Gasteiger partial charge on any atom is 0.238 e. The van der Waals surface area contributed by atoms with Gasteiger partial charge in [0, 0.05) is 11.1 Å². The van der Waals surface area contributed by atoms with Crippen molar-refractivity contribution in [3.63, 3.8) is 0 Å². The summed E-state index contributed by atoms with van der Waals surface area (Å²) in [6.45, 7) is 0. The summed E-state index contributed by atoms with van der Waals surface area (Å²) in [6.07, 6.45) is 1.59. The monoisotopic (exact) mass is 529 g/mol. The zero-order chi connectivity index (χ0) is 25.6. The van der Waals surface area contributed by atoms with E-state index >= 15 is 8.78 Å². The second-order valence-corrected chi connectivity index (χ2v) is 9.98. The Morgan fingerprint density at radius 3 is 2.53 bits per heavy atom. The third-order valence-electron chi connectivity index (χ3n) is 5.38. The highest BCUT2D eigenvalue weighted by atomic mass is 32.2. The van der Waals surface area contributed by atoms with Gasteiger partial charge in [0.1, 0.15) is 11.3 Å². The molecule has 5 aromatic rings. The number of methoxy groups -OCH3 is 2. The van der Waals surface area contributed by atoms with Gasteiger partial charge in [-0.15, -0.1) is 0 Å². The van der Waals surface area contributed by atoms with Gasteiger partial charge in [-0.05, 0) is 18.2 Å². The summed E-state index contributed by atoms with van der Waals surface area (Å²) in [5.41, 5.74) is 0.270. The van der Waals surface area contributed by atoms with Crippen molar-refractivity contribution in [1.29, 1.82) is 0 Å². The molecule has 0 aliphatic carbocycles. The van der Waals surface area contributed by atoms with Gasteiger partial charge in [0.15, 0.2) is 10.8 Å². The number of rotatable bonds is 6. The van der Waals surface area contributed by atoms with Crippen LogP contribution in [-0.2, 0) is 10.0 Å². The Balaban J connectivity index is 1.73. The van der Waals surface area contributed by atoms with E-state index in [0.717, 1.165) is 16.9 Å². The number of sulfonamides is 1. The molecule has 0 unspecified atom stereocenters. The van der Waals surface area contributed by atoms with E-state index < -0.39 is 33.2 Å². The molecule has 3 aromatic heterocycles. The normalized spacial score (nSPS) is 11.7. The van der Waals surface area contributed by atoms with Gasteiger partial charge in [0.25, 0.3) is 0 Å². The van der Waals surface area contributed by atoms with Gasteiger partial charge in [-0.1, -0.05) is 41.7 Å². The number of hydrogen-bond donors (Lipinski definition) is 1. The lowest BCUT2D eigenvalue weighted by Crippen LogP contribution is -2.14. The van der Waals surface area contributed by atoms with E-state index in [2.05, 4.69) is 15.1 Å². The highest BCUT2D eigenvalue weighted by molar-refractivity contribution is 7.89. The topological polar surface area (TPSA) is 122 Å². The molecule has 0 aliphatic heterocycles. The van der Waals surface area contributed by atoms with E-state index in [1.54, 1.807) is 31.5 Å². The molecule has 5 rings (SSSR count). The minimum Gasteiger partial charge on any atom is -0.497 e. The number of nitrogens with two attached hydrogens (primary N) is 1. The lowest BCUT2D eigenvalue weighted by molar-refractivity contribution is 0.385. The molecule has 0 saturated carbocycles. The number of fused-ring (bicyclic) bond motifs is 1. The third kappa shape index (κ3) is 3.96. The van der Waals surface area contributed by atoms with Crippen molar-refractivity contribution in [3.8, 4) is 44.6 Å². The number of halogens is 2. The van der Waals surface area contributed by atoms with Crippen LogP contribution < -0.4 is 14.6 Å². The Kier molecular flexibility index (Phi) is 5.90. The summed E-state index contributed by atoms with van der Waals surface area (Å²) in [4.78, 5) is 8.06. The van der Waals surface area contributed by atoms with Gasteiger partial charge < -0.3 is 9.47 Å². The summed E-state index contributed by atoms with van der Waals surface area (Å²) in [5.74, 6) is -2.10. The maximum atomic E-state index is 16.0. The Bertz CT molecular complexity index is 1730. The smallest absolute Gasteiger partial charge is 0.238 e. The predicted molar refractivity (Wildman–Crippen MR) is 129 cm³/mol. The van der Waals surface area contributed by atoms with Crippen LogP contribution in [0.5, 0.6) is 11.6 Å². The molecular formula is C23H17F2N5O4S2. The first kappa shape index (κ1) is 23.8. The standard InChI is InChI=1S/C23H17F2N5O4S2/c1-33-13-7-5-6-12(10-13)15-11-27-23-30(15)29-22(35-23)18-19(24)17(21(34-2)28-20(18)25)14-8-3-4-9-16(14)36(26,31)32/h3-11H,1-2H3,(H2,26,31,32). The number of aromatic nitrogens is 4. The molecular weight excluding hydrogens is 512 g/mol. The molecule has 13 heteroatoms. The molecule has 0 saturated heterocycles. The molecule has 36 heavy (non-hydrogen) atoms. The first-order chi connectivity index (χ1) is 17.2. The second-order valence-electron chi connectivity index (χ2n) is 7.49. The Hall–Kier alpha value is -3.94. The van der Waals surface area contributed by atoms with Crippen molar-refractivity contribution in [2.45, 2.75) is 4.90 Å². The quantitative estimate of drug-likeness (QED) is 0.328. The molecule has 0 bridgehead atoms. The molecule has 3 heterocycles. The third-order valence-corrected chi connectivity index (χ3v) is 7.29. The van der Waals surface area contributed by atoms with E-state index in [1.165, 1.54) is 35.9 Å². The highest BCUT2D eigenvalue weighted by Crippen LogP contribution is 2.41. The van der Waals surface area contributed by atoms with Crippen molar-refractivity contribution in [2.75, 3.05) is 14.2 Å². The van der Waals surface area contributed by atoms with E-state index in [-0.39, 0.29) is 21.0 Å². The molecule has 0 spiro atoms. The van der Waals surface area contributed by atoms with Gasteiger partial charge in [-0.25, -0.2) is 27.4 Å². The summed E-state index contributed by atoms with van der Waals surface area (Å²) in [6, 6.07) is 12.6. The SMILES string of the molecule is COc1cccc(-c2cnc3sc(-c4c(F)nc(OC)c(-c5ccccc5S(N)(=O)=O)c4F)nn23)c1. The summed E-state index contributed by atoms with van der Waals surface area (Å²) in [5, 5.41) is 9.66. The predicted octanol–water partition coefficient (Wildman–Crippen LogP) is 4.13. The zero-order valence-corrected chi connectivity index (χ0v) is 20.4. The lowest BCUT2D eigenvalue weighted by atomic mass is 10.0. The minimum absolute atomic E-state index is 0.0539. The van der Waals surface area contributed by atoms with Gasteiger partial charge in [0.2, 0.25) is 26.8 Å². The first-order valence-electron chi connectivity index (χ1n) is 10.3. The average molecular weight is 530 g/mol. The molecule has 2 aromatic carbocycles. The highest BCUT2D eigenvalue weighted by Gasteiger charge is 2.29. The minimum atomic E-state index is -4.25. The second kappa shape index (κ2) is 8.93. The molecule has 0 radical (unpaired) electrons. The lowest BCUT2D eigenvalue weighted by Gasteiger charge is -2.14. The van der Waals surface area contributed by atoms with Crippen molar-refractivity contribution in [1.82, 2.24) is 19.6 Å². The fourth-order valence-corrected chi connectivity index (χ4v) is 5.42. The molecule has 0 aliphatic rings. The van der Waals surface area contributed by atoms with Gasteiger partial charge in [0.05, 0.1) is 36.6 Å². The number of ether oxygens (including phenoxy) is 2. The van der Waals surface area contributed by atoms with Crippen LogP contribution >= 0.6 is 11.3 Å². The molecule has 0 fully saturated rings. The van der Waals surface area contributed by atoms with Crippen molar-refractivity contribution in [3.05, 3.63) is 66.5 Å². The number of pyridine rings is 1. The molecule has 184 valence electrons. The van der Waals surface area contributed by atoms with Crippen LogP contribution in [0, 0.1) is 11.8 Å². The molecule has 2 N–H and O–H groups in total. The number of hydrogen-bond acceptors (Lipinski definition) is 8. The number of imidazole rings is 1. The number of benzene rings is 2. The van der Waals surface area contributed by atoms with E-state index in [0.29, 0.717) is 16.4 Å². The molecule has 0 amide bonds. The number of primary sulfonamides is 1. The molecule has 9 nitrogen and oxygen atoms in total. The average Bonchev–Trinajstić information content (AvgIpc) is 3.44. The summed E-state index contributed by atoms with van der Waals surface area (Å²) < 4.78 is 67.2. The Labute approximate surface area is 207 Å². The Morgan fingerprint density at radius 1 is 1.03 bits per heavy atom. The van der Waals surface area contributed by atoms with E-state index in [1.807, 2.05) is 6.07 Å². The van der Waals surface area contributed by atoms with Gasteiger partial charge in [-0.2, -0.15) is 14.5 Å². The van der Waals surface area contributed by atoms with Crippen LogP contribution in [0.25, 0.3) is 37.9 Å². The zero-order valence-electron chi connectivity index (χ0n) is 18.8. The van der Waals surface area contributed by atoms with Crippen LogP contribution in [0.4, 0.5) is 8.78 Å². The van der Waals surface area contributed by atoms with Crippen molar-refractivity contribution in [2.24, 2.45) is 5.14 Å². The molecule has 0 atom stereocenters. The number of nitrogens with zero attached hydrogens (tertiary/aromatic N) is 4. The maximum absolute atomic E-state index is 16.0. The van der Waals surface area contributed by atoms with Gasteiger partial charge >= 0.3 is 0 Å². The van der Waals surface area contributed by atoms with E-state index in [4.69, 9.17) is 14.6 Å². The van der Waals surface area contributed by atoms with Crippen LogP contribution in [0.2, 0.25) is 0 Å². The fourth-order valence-electron chi connectivity index (χ4n) is 3.77. The van der Waals surface area contributed by atoms with Crippen LogP contribution in [0.1, 0.15) is 0 Å². The van der Waals surface area contributed by atoms with E-state index in [9.17, 15) is 8.42 Å². The Morgan fingerprint density at radius 2 is 1.81 bits per heavy atom.